The molecule has 1 heterocycles. The summed E-state index contributed by atoms with van der Waals surface area (Å²) in [6.45, 7) is 2.10. The van der Waals surface area contributed by atoms with Crippen molar-refractivity contribution in [2.45, 2.75) is 12.7 Å². The van der Waals surface area contributed by atoms with Crippen molar-refractivity contribution in [3.8, 4) is 0 Å². The molecule has 0 radical (unpaired) electrons. The number of likely N-dealkylation sites (tertiary alicyclic amines) is 1. The van der Waals surface area contributed by atoms with E-state index in [-0.39, 0.29) is 0 Å². The van der Waals surface area contributed by atoms with Gasteiger partial charge in [0.05, 0.1) is 0 Å². The molecule has 1 nitrogen and oxygen atoms in total. The highest BCUT2D eigenvalue weighted by Gasteiger charge is 2.25. The molecule has 12 heavy (non-hydrogen) atoms. The van der Waals surface area contributed by atoms with Gasteiger partial charge >= 0.3 is 0 Å². The number of hydrogen-bond donors (Lipinski definition) is 0. The maximum atomic E-state index is 12.4. The summed E-state index contributed by atoms with van der Waals surface area (Å²) < 4.78 is 12.4. The van der Waals surface area contributed by atoms with Crippen molar-refractivity contribution >= 4 is 0 Å². The molecule has 64 valence electrons. The van der Waals surface area contributed by atoms with E-state index in [0.29, 0.717) is 13.1 Å². The van der Waals surface area contributed by atoms with Crippen LogP contribution in [0.2, 0.25) is 0 Å². The Kier molecular flexibility index (Phi) is 2.09. The third kappa shape index (κ3) is 1.64. The first-order valence-electron chi connectivity index (χ1n) is 4.25. The molecule has 1 aliphatic heterocycles. The lowest BCUT2D eigenvalue weighted by atomic mass is 10.1. The van der Waals surface area contributed by atoms with Crippen molar-refractivity contribution in [1.29, 1.82) is 0 Å². The second-order valence-corrected chi connectivity index (χ2v) is 3.28. The van der Waals surface area contributed by atoms with E-state index < -0.39 is 6.17 Å². The SMILES string of the molecule is FC1CN(Cc2ccccc2)C1. The summed E-state index contributed by atoms with van der Waals surface area (Å²) in [5.41, 5.74) is 1.27. The summed E-state index contributed by atoms with van der Waals surface area (Å²) in [5.74, 6) is 0. The lowest BCUT2D eigenvalue weighted by Crippen LogP contribution is -2.47. The summed E-state index contributed by atoms with van der Waals surface area (Å²) in [5, 5.41) is 0. The Hall–Kier alpha value is -0.890. The molecule has 0 spiro atoms. The molecule has 2 rings (SSSR count). The Bertz CT molecular complexity index is 241. The second-order valence-electron chi connectivity index (χ2n) is 3.28. The van der Waals surface area contributed by atoms with Crippen molar-refractivity contribution in [2.75, 3.05) is 13.1 Å². The molecular formula is C10H12FN. The molecule has 0 saturated carbocycles. The highest BCUT2D eigenvalue weighted by Crippen LogP contribution is 2.14. The van der Waals surface area contributed by atoms with Crippen LogP contribution < -0.4 is 0 Å². The predicted molar refractivity (Wildman–Crippen MR) is 46.6 cm³/mol. The molecule has 1 aliphatic rings. The van der Waals surface area contributed by atoms with E-state index in [9.17, 15) is 4.39 Å². The van der Waals surface area contributed by atoms with Gasteiger partial charge in [-0.25, -0.2) is 4.39 Å². The molecule has 0 unspecified atom stereocenters. The van der Waals surface area contributed by atoms with Crippen LogP contribution in [0.25, 0.3) is 0 Å². The fraction of sp³-hybridized carbons (Fsp3) is 0.400. The van der Waals surface area contributed by atoms with Crippen molar-refractivity contribution < 1.29 is 4.39 Å². The summed E-state index contributed by atoms with van der Waals surface area (Å²) >= 11 is 0. The van der Waals surface area contributed by atoms with E-state index in [1.807, 2.05) is 18.2 Å². The minimum Gasteiger partial charge on any atom is -0.293 e. The number of nitrogens with zero attached hydrogens (tertiary/aromatic N) is 1. The summed E-state index contributed by atoms with van der Waals surface area (Å²) in [7, 11) is 0. The van der Waals surface area contributed by atoms with E-state index in [4.69, 9.17) is 0 Å². The van der Waals surface area contributed by atoms with Gasteiger partial charge in [-0.05, 0) is 5.56 Å². The molecule has 1 saturated heterocycles. The van der Waals surface area contributed by atoms with Gasteiger partial charge in [-0.15, -0.1) is 0 Å². The van der Waals surface area contributed by atoms with Gasteiger partial charge in [0, 0.05) is 19.6 Å². The first kappa shape index (κ1) is 7.74. The van der Waals surface area contributed by atoms with E-state index in [2.05, 4.69) is 17.0 Å². The largest absolute Gasteiger partial charge is 0.293 e. The van der Waals surface area contributed by atoms with Crippen LogP contribution in [-0.4, -0.2) is 24.2 Å². The van der Waals surface area contributed by atoms with Crippen LogP contribution in [0.1, 0.15) is 5.56 Å². The number of rotatable bonds is 2. The van der Waals surface area contributed by atoms with Crippen LogP contribution in [0.5, 0.6) is 0 Å². The van der Waals surface area contributed by atoms with Gasteiger partial charge in [-0.3, -0.25) is 4.90 Å². The average Bonchev–Trinajstić information content (AvgIpc) is 2.04. The zero-order chi connectivity index (χ0) is 8.39. The van der Waals surface area contributed by atoms with Gasteiger partial charge in [0.2, 0.25) is 0 Å². The average molecular weight is 165 g/mol. The molecule has 1 aromatic rings. The monoisotopic (exact) mass is 165 g/mol. The number of hydrogen-bond acceptors (Lipinski definition) is 1. The molecule has 0 aliphatic carbocycles. The smallest absolute Gasteiger partial charge is 0.125 e. The van der Waals surface area contributed by atoms with E-state index in [0.717, 1.165) is 6.54 Å². The third-order valence-corrected chi connectivity index (χ3v) is 2.16. The topological polar surface area (TPSA) is 3.24 Å². The standard InChI is InChI=1S/C10H12FN/c11-10-7-12(8-10)6-9-4-2-1-3-5-9/h1-5,10H,6-8H2. The van der Waals surface area contributed by atoms with E-state index in [1.165, 1.54) is 5.56 Å². The third-order valence-electron chi connectivity index (χ3n) is 2.16. The fourth-order valence-electron chi connectivity index (χ4n) is 1.48. The highest BCUT2D eigenvalue weighted by atomic mass is 19.1. The quantitative estimate of drug-likeness (QED) is 0.646. The summed E-state index contributed by atoms with van der Waals surface area (Å²) in [6, 6.07) is 10.2. The first-order valence-corrected chi connectivity index (χ1v) is 4.25. The number of halogens is 1. The van der Waals surface area contributed by atoms with Crippen LogP contribution in [0.15, 0.2) is 30.3 Å². The van der Waals surface area contributed by atoms with Gasteiger partial charge in [-0.2, -0.15) is 0 Å². The lowest BCUT2D eigenvalue weighted by Gasteiger charge is -2.34. The summed E-state index contributed by atoms with van der Waals surface area (Å²) in [4.78, 5) is 2.11. The normalized spacial score (nSPS) is 19.1. The van der Waals surface area contributed by atoms with E-state index >= 15 is 0 Å². The number of benzene rings is 1. The van der Waals surface area contributed by atoms with Gasteiger partial charge in [0.25, 0.3) is 0 Å². The first-order chi connectivity index (χ1) is 5.84. The van der Waals surface area contributed by atoms with Gasteiger partial charge < -0.3 is 0 Å². The van der Waals surface area contributed by atoms with Crippen molar-refractivity contribution in [1.82, 2.24) is 4.90 Å². The van der Waals surface area contributed by atoms with Crippen molar-refractivity contribution in [3.63, 3.8) is 0 Å². The van der Waals surface area contributed by atoms with Crippen LogP contribution in [0, 0.1) is 0 Å². The molecule has 0 aromatic heterocycles. The second kappa shape index (κ2) is 3.23. The highest BCUT2D eigenvalue weighted by molar-refractivity contribution is 5.14. The lowest BCUT2D eigenvalue weighted by molar-refractivity contribution is 0.0591. The zero-order valence-electron chi connectivity index (χ0n) is 6.91. The number of alkyl halides is 1. The molecule has 0 amide bonds. The summed E-state index contributed by atoms with van der Waals surface area (Å²) in [6.07, 6.45) is -0.589. The molecule has 0 bridgehead atoms. The fourth-order valence-corrected chi connectivity index (χ4v) is 1.48. The Balaban J connectivity index is 1.88. The Morgan fingerprint density at radius 2 is 1.92 bits per heavy atom. The molecule has 0 atom stereocenters. The van der Waals surface area contributed by atoms with Gasteiger partial charge in [0.1, 0.15) is 6.17 Å². The molecule has 0 N–H and O–H groups in total. The van der Waals surface area contributed by atoms with Gasteiger partial charge in [0.15, 0.2) is 0 Å². The van der Waals surface area contributed by atoms with Crippen molar-refractivity contribution in [2.24, 2.45) is 0 Å². The Labute approximate surface area is 71.8 Å². The Morgan fingerprint density at radius 3 is 2.50 bits per heavy atom. The maximum Gasteiger partial charge on any atom is 0.125 e. The minimum atomic E-state index is -0.589. The molecule has 1 aromatic carbocycles. The molecule has 2 heteroatoms. The maximum absolute atomic E-state index is 12.4. The molecule has 1 fully saturated rings. The predicted octanol–water partition coefficient (Wildman–Crippen LogP) is 1.84. The van der Waals surface area contributed by atoms with E-state index in [1.54, 1.807) is 0 Å². The van der Waals surface area contributed by atoms with Crippen LogP contribution in [0.3, 0.4) is 0 Å². The van der Waals surface area contributed by atoms with Crippen molar-refractivity contribution in [3.05, 3.63) is 35.9 Å². The minimum absolute atomic E-state index is 0.589. The van der Waals surface area contributed by atoms with Crippen LogP contribution in [0.4, 0.5) is 4.39 Å². The van der Waals surface area contributed by atoms with Gasteiger partial charge in [-0.1, -0.05) is 30.3 Å². The Morgan fingerprint density at radius 1 is 1.25 bits per heavy atom. The zero-order valence-corrected chi connectivity index (χ0v) is 6.91. The van der Waals surface area contributed by atoms with Crippen LogP contribution in [-0.2, 0) is 6.54 Å². The van der Waals surface area contributed by atoms with Crippen LogP contribution >= 0.6 is 0 Å². The molecular weight excluding hydrogens is 153 g/mol.